The molecule has 0 amide bonds. The predicted molar refractivity (Wildman–Crippen MR) is 59.5 cm³/mol. The number of alkyl halides is 1. The van der Waals surface area contributed by atoms with Crippen molar-refractivity contribution in [1.82, 2.24) is 0 Å². The average molecular weight is 217 g/mol. The average Bonchev–Trinajstić information content (AvgIpc) is 2.15. The van der Waals surface area contributed by atoms with Crippen LogP contribution in [0.25, 0.3) is 0 Å². The minimum Gasteiger partial charge on any atom is -0.118 e. The third-order valence-electron chi connectivity index (χ3n) is 2.31. The largest absolute Gasteiger partial charge is 0.118 e. The van der Waals surface area contributed by atoms with Crippen LogP contribution in [0.2, 0.25) is 5.02 Å². The first-order valence-electron chi connectivity index (χ1n) is 4.54. The number of halogens is 2. The first-order chi connectivity index (χ1) is 6.15. The van der Waals surface area contributed by atoms with E-state index in [0.717, 1.165) is 17.0 Å². The van der Waals surface area contributed by atoms with Crippen LogP contribution in [-0.2, 0) is 0 Å². The molecule has 0 radical (unpaired) electrons. The summed E-state index contributed by atoms with van der Waals surface area (Å²) >= 11 is 12.1. The van der Waals surface area contributed by atoms with Crippen molar-refractivity contribution in [1.29, 1.82) is 0 Å². The summed E-state index contributed by atoms with van der Waals surface area (Å²) in [6.45, 7) is 4.29. The van der Waals surface area contributed by atoms with Crippen molar-refractivity contribution in [3.8, 4) is 0 Å². The van der Waals surface area contributed by atoms with Crippen molar-refractivity contribution in [2.75, 3.05) is 0 Å². The Morgan fingerprint density at radius 2 is 2.08 bits per heavy atom. The van der Waals surface area contributed by atoms with Crippen molar-refractivity contribution >= 4 is 23.2 Å². The first kappa shape index (κ1) is 10.9. The number of rotatable bonds is 3. The molecule has 0 saturated heterocycles. The normalized spacial score (nSPS) is 15.4. The molecule has 1 aromatic carbocycles. The first-order valence-corrected chi connectivity index (χ1v) is 5.36. The van der Waals surface area contributed by atoms with Gasteiger partial charge in [-0.05, 0) is 23.6 Å². The summed E-state index contributed by atoms with van der Waals surface area (Å²) in [7, 11) is 0. The summed E-state index contributed by atoms with van der Waals surface area (Å²) < 4.78 is 0. The molecule has 0 saturated carbocycles. The Morgan fingerprint density at radius 3 is 2.62 bits per heavy atom. The lowest BCUT2D eigenvalue weighted by Gasteiger charge is -2.16. The van der Waals surface area contributed by atoms with Crippen LogP contribution in [0.4, 0.5) is 0 Å². The molecule has 0 aliphatic heterocycles. The topological polar surface area (TPSA) is 0 Å². The SMILES string of the molecule is CCC(C)C(Cl)c1cccc(Cl)c1. The molecule has 0 aliphatic rings. The van der Waals surface area contributed by atoms with Gasteiger partial charge < -0.3 is 0 Å². The summed E-state index contributed by atoms with van der Waals surface area (Å²) in [5.74, 6) is 0.486. The van der Waals surface area contributed by atoms with Crippen molar-refractivity contribution in [2.24, 2.45) is 5.92 Å². The van der Waals surface area contributed by atoms with Crippen LogP contribution in [0.5, 0.6) is 0 Å². The van der Waals surface area contributed by atoms with Crippen LogP contribution in [-0.4, -0.2) is 0 Å². The molecule has 1 rings (SSSR count). The summed E-state index contributed by atoms with van der Waals surface area (Å²) in [4.78, 5) is 0. The predicted octanol–water partition coefficient (Wildman–Crippen LogP) is 4.67. The van der Waals surface area contributed by atoms with Crippen LogP contribution in [0, 0.1) is 5.92 Å². The molecule has 0 N–H and O–H groups in total. The molecule has 0 aromatic heterocycles. The highest BCUT2D eigenvalue weighted by atomic mass is 35.5. The van der Waals surface area contributed by atoms with E-state index < -0.39 is 0 Å². The molecule has 0 aliphatic carbocycles. The van der Waals surface area contributed by atoms with Crippen LogP contribution in [0.15, 0.2) is 24.3 Å². The molecule has 0 fully saturated rings. The molecule has 0 heterocycles. The van der Waals surface area contributed by atoms with Crippen LogP contribution in [0.3, 0.4) is 0 Å². The maximum Gasteiger partial charge on any atom is 0.0611 e. The zero-order valence-electron chi connectivity index (χ0n) is 7.93. The molecule has 2 unspecified atom stereocenters. The van der Waals surface area contributed by atoms with E-state index in [1.807, 2.05) is 24.3 Å². The molecule has 0 spiro atoms. The van der Waals surface area contributed by atoms with E-state index >= 15 is 0 Å². The Labute approximate surface area is 89.9 Å². The van der Waals surface area contributed by atoms with Gasteiger partial charge in [-0.2, -0.15) is 0 Å². The Hall–Kier alpha value is -0.200. The summed E-state index contributed by atoms with van der Waals surface area (Å²) in [6.07, 6.45) is 1.08. The van der Waals surface area contributed by atoms with Crippen LogP contribution < -0.4 is 0 Å². The Balaban J connectivity index is 2.82. The summed E-state index contributed by atoms with van der Waals surface area (Å²) in [5, 5.41) is 0.829. The number of hydrogen-bond acceptors (Lipinski definition) is 0. The van der Waals surface area contributed by atoms with Gasteiger partial charge in [-0.15, -0.1) is 11.6 Å². The van der Waals surface area contributed by atoms with Crippen LogP contribution in [0.1, 0.15) is 31.2 Å². The van der Waals surface area contributed by atoms with E-state index in [1.54, 1.807) is 0 Å². The smallest absolute Gasteiger partial charge is 0.0611 e. The molecule has 0 nitrogen and oxygen atoms in total. The van der Waals surface area contributed by atoms with E-state index in [2.05, 4.69) is 13.8 Å². The van der Waals surface area contributed by atoms with Crippen molar-refractivity contribution in [3.63, 3.8) is 0 Å². The van der Waals surface area contributed by atoms with Gasteiger partial charge in [0.15, 0.2) is 0 Å². The van der Waals surface area contributed by atoms with Gasteiger partial charge in [0, 0.05) is 5.02 Å². The molecular weight excluding hydrogens is 203 g/mol. The maximum absolute atomic E-state index is 6.27. The van der Waals surface area contributed by atoms with E-state index in [1.165, 1.54) is 0 Å². The third kappa shape index (κ3) is 2.89. The minimum absolute atomic E-state index is 0.0729. The van der Waals surface area contributed by atoms with Crippen molar-refractivity contribution in [3.05, 3.63) is 34.9 Å². The van der Waals surface area contributed by atoms with Gasteiger partial charge >= 0.3 is 0 Å². The lowest BCUT2D eigenvalue weighted by atomic mass is 9.98. The molecular formula is C11H14Cl2. The highest BCUT2D eigenvalue weighted by molar-refractivity contribution is 6.30. The number of hydrogen-bond donors (Lipinski definition) is 0. The van der Waals surface area contributed by atoms with Gasteiger partial charge in [0.1, 0.15) is 0 Å². The summed E-state index contributed by atoms with van der Waals surface area (Å²) in [6, 6.07) is 7.77. The molecule has 13 heavy (non-hydrogen) atoms. The van der Waals surface area contributed by atoms with E-state index in [9.17, 15) is 0 Å². The minimum atomic E-state index is 0.0729. The zero-order valence-corrected chi connectivity index (χ0v) is 9.44. The second kappa shape index (κ2) is 4.88. The number of benzene rings is 1. The highest BCUT2D eigenvalue weighted by Crippen LogP contribution is 2.31. The summed E-state index contributed by atoms with van der Waals surface area (Å²) in [5.41, 5.74) is 1.11. The Kier molecular flexibility index (Phi) is 4.08. The lowest BCUT2D eigenvalue weighted by molar-refractivity contribution is 0.542. The standard InChI is InChI=1S/C11H14Cl2/c1-3-8(2)11(13)9-5-4-6-10(12)7-9/h4-8,11H,3H2,1-2H3. The van der Waals surface area contributed by atoms with Gasteiger partial charge in [-0.3, -0.25) is 0 Å². The Morgan fingerprint density at radius 1 is 1.38 bits per heavy atom. The highest BCUT2D eigenvalue weighted by Gasteiger charge is 2.14. The van der Waals surface area contributed by atoms with Gasteiger partial charge in [-0.1, -0.05) is 44.0 Å². The molecule has 72 valence electrons. The molecule has 2 atom stereocenters. The monoisotopic (exact) mass is 216 g/mol. The Bertz CT molecular complexity index is 271. The maximum atomic E-state index is 6.27. The zero-order chi connectivity index (χ0) is 9.84. The molecule has 2 heteroatoms. The second-order valence-corrected chi connectivity index (χ2v) is 4.25. The van der Waals surface area contributed by atoms with Gasteiger partial charge in [0.2, 0.25) is 0 Å². The van der Waals surface area contributed by atoms with E-state index in [0.29, 0.717) is 5.92 Å². The van der Waals surface area contributed by atoms with E-state index in [4.69, 9.17) is 23.2 Å². The lowest BCUT2D eigenvalue weighted by Crippen LogP contribution is -2.02. The van der Waals surface area contributed by atoms with Crippen molar-refractivity contribution in [2.45, 2.75) is 25.6 Å². The fourth-order valence-corrected chi connectivity index (χ4v) is 1.73. The quantitative estimate of drug-likeness (QED) is 0.645. The van der Waals surface area contributed by atoms with Gasteiger partial charge in [-0.25, -0.2) is 0 Å². The fraction of sp³-hybridized carbons (Fsp3) is 0.455. The molecule has 1 aromatic rings. The fourth-order valence-electron chi connectivity index (χ4n) is 1.21. The third-order valence-corrected chi connectivity index (χ3v) is 3.23. The van der Waals surface area contributed by atoms with Crippen LogP contribution >= 0.6 is 23.2 Å². The second-order valence-electron chi connectivity index (χ2n) is 3.34. The van der Waals surface area contributed by atoms with Gasteiger partial charge in [0.25, 0.3) is 0 Å². The van der Waals surface area contributed by atoms with Crippen molar-refractivity contribution < 1.29 is 0 Å². The van der Waals surface area contributed by atoms with Gasteiger partial charge in [0.05, 0.1) is 5.38 Å². The molecule has 0 bridgehead atoms. The van der Waals surface area contributed by atoms with E-state index in [-0.39, 0.29) is 5.38 Å².